The summed E-state index contributed by atoms with van der Waals surface area (Å²) < 4.78 is 18.2. The molecule has 3 unspecified atom stereocenters. The monoisotopic (exact) mass is 279 g/mol. The van der Waals surface area contributed by atoms with Gasteiger partial charge in [-0.05, 0) is 37.4 Å². The van der Waals surface area contributed by atoms with Crippen molar-refractivity contribution in [1.29, 1.82) is 0 Å². The summed E-state index contributed by atoms with van der Waals surface area (Å²) in [5, 5.41) is 3.89. The Morgan fingerprint density at radius 3 is 2.74 bits per heavy atom. The van der Waals surface area contributed by atoms with Crippen molar-refractivity contribution in [2.45, 2.75) is 35.8 Å². The Kier molecular flexibility index (Phi) is 4.01. The van der Waals surface area contributed by atoms with Crippen molar-refractivity contribution in [2.24, 2.45) is 0 Å². The van der Waals surface area contributed by atoms with Crippen LogP contribution in [-0.2, 0) is 22.0 Å². The van der Waals surface area contributed by atoms with Crippen LogP contribution < -0.4 is 5.32 Å². The topological polar surface area (TPSA) is 38.3 Å². The number of nitrogens with one attached hydrogen (secondary N) is 1. The van der Waals surface area contributed by atoms with Gasteiger partial charge < -0.3 is 10.1 Å². The van der Waals surface area contributed by atoms with Gasteiger partial charge in [-0.25, -0.2) is 0 Å². The van der Waals surface area contributed by atoms with Crippen molar-refractivity contribution in [3.05, 3.63) is 35.4 Å². The molecule has 1 aliphatic heterocycles. The zero-order valence-corrected chi connectivity index (χ0v) is 12.1. The molecule has 1 fully saturated rings. The smallest absolute Gasteiger partial charge is 0.0586 e. The molecule has 19 heavy (non-hydrogen) atoms. The molecule has 1 aromatic rings. The predicted octanol–water partition coefficient (Wildman–Crippen LogP) is 1.80. The Morgan fingerprint density at radius 2 is 2.00 bits per heavy atom. The lowest BCUT2D eigenvalue weighted by Gasteiger charge is -2.27. The van der Waals surface area contributed by atoms with Crippen molar-refractivity contribution in [2.75, 3.05) is 20.3 Å². The average Bonchev–Trinajstić information content (AvgIpc) is 2.85. The molecular formula is C15H21NO2S. The molecule has 4 heteroatoms. The van der Waals surface area contributed by atoms with E-state index in [1.807, 2.05) is 7.05 Å². The zero-order valence-electron chi connectivity index (χ0n) is 11.3. The Morgan fingerprint density at radius 1 is 1.26 bits per heavy atom. The van der Waals surface area contributed by atoms with Gasteiger partial charge in [0, 0.05) is 35.3 Å². The van der Waals surface area contributed by atoms with E-state index in [0.717, 1.165) is 32.5 Å². The van der Waals surface area contributed by atoms with Gasteiger partial charge in [0.05, 0.1) is 5.25 Å². The van der Waals surface area contributed by atoms with Gasteiger partial charge in [-0.3, -0.25) is 4.21 Å². The van der Waals surface area contributed by atoms with Crippen LogP contribution in [0.15, 0.2) is 24.3 Å². The van der Waals surface area contributed by atoms with E-state index >= 15 is 0 Å². The fourth-order valence-corrected chi connectivity index (χ4v) is 5.32. The molecule has 1 aromatic carbocycles. The largest absolute Gasteiger partial charge is 0.381 e. The van der Waals surface area contributed by atoms with E-state index in [1.54, 1.807) is 0 Å². The normalized spacial score (nSPS) is 29.1. The maximum atomic E-state index is 12.9. The third-order valence-corrected chi connectivity index (χ3v) is 6.45. The van der Waals surface area contributed by atoms with Crippen LogP contribution in [0.1, 0.15) is 30.0 Å². The van der Waals surface area contributed by atoms with Crippen molar-refractivity contribution in [3.8, 4) is 0 Å². The van der Waals surface area contributed by atoms with Crippen LogP contribution >= 0.6 is 0 Å². The number of hydrogen-bond acceptors (Lipinski definition) is 3. The minimum absolute atomic E-state index is 0.213. The first kappa shape index (κ1) is 13.3. The molecule has 1 heterocycles. The average molecular weight is 279 g/mol. The van der Waals surface area contributed by atoms with Crippen LogP contribution in [0, 0.1) is 0 Å². The van der Waals surface area contributed by atoms with E-state index < -0.39 is 10.8 Å². The number of fused-ring (bicyclic) bond motifs is 1. The van der Waals surface area contributed by atoms with Gasteiger partial charge in [-0.2, -0.15) is 0 Å². The second kappa shape index (κ2) is 5.73. The molecule has 3 atom stereocenters. The number of ether oxygens (including phenoxy) is 1. The molecule has 0 amide bonds. The lowest BCUT2D eigenvalue weighted by Crippen LogP contribution is -2.37. The van der Waals surface area contributed by atoms with E-state index in [9.17, 15) is 4.21 Å². The highest BCUT2D eigenvalue weighted by atomic mass is 32.2. The molecule has 3 rings (SSSR count). The number of hydrogen-bond donors (Lipinski definition) is 1. The SMILES string of the molecule is CNC1c2ccccc2CC1S(=O)C1CCOCC1. The Bertz CT molecular complexity index is 471. The highest BCUT2D eigenvalue weighted by molar-refractivity contribution is 7.86. The molecule has 0 bridgehead atoms. The molecule has 0 aromatic heterocycles. The van der Waals surface area contributed by atoms with Gasteiger partial charge in [-0.15, -0.1) is 0 Å². The maximum Gasteiger partial charge on any atom is 0.0586 e. The Labute approximate surface area is 117 Å². The van der Waals surface area contributed by atoms with Gasteiger partial charge in [0.15, 0.2) is 0 Å². The molecule has 1 saturated heterocycles. The van der Waals surface area contributed by atoms with Crippen molar-refractivity contribution in [1.82, 2.24) is 5.32 Å². The first-order valence-electron chi connectivity index (χ1n) is 7.03. The van der Waals surface area contributed by atoms with Crippen LogP contribution in [0.2, 0.25) is 0 Å². The van der Waals surface area contributed by atoms with Crippen molar-refractivity contribution >= 4 is 10.8 Å². The lowest BCUT2D eigenvalue weighted by atomic mass is 10.1. The maximum absolute atomic E-state index is 12.9. The van der Waals surface area contributed by atoms with Gasteiger partial charge in [0.2, 0.25) is 0 Å². The molecule has 1 N–H and O–H groups in total. The third kappa shape index (κ3) is 2.49. The second-order valence-corrected chi connectivity index (χ2v) is 7.28. The van der Waals surface area contributed by atoms with E-state index in [2.05, 4.69) is 29.6 Å². The fourth-order valence-electron chi connectivity index (χ4n) is 3.27. The summed E-state index contributed by atoms with van der Waals surface area (Å²) in [5.41, 5.74) is 2.68. The Hall–Kier alpha value is -0.710. The van der Waals surface area contributed by atoms with E-state index in [-0.39, 0.29) is 11.3 Å². The molecular weight excluding hydrogens is 258 g/mol. The fraction of sp³-hybridized carbons (Fsp3) is 0.600. The summed E-state index contributed by atoms with van der Waals surface area (Å²) in [7, 11) is 1.19. The van der Waals surface area contributed by atoms with E-state index in [1.165, 1.54) is 11.1 Å². The molecule has 1 aliphatic carbocycles. The Balaban J connectivity index is 1.80. The van der Waals surface area contributed by atoms with Gasteiger partial charge in [0.1, 0.15) is 0 Å². The molecule has 0 spiro atoms. The van der Waals surface area contributed by atoms with Crippen LogP contribution in [0.4, 0.5) is 0 Å². The van der Waals surface area contributed by atoms with Crippen LogP contribution in [-0.4, -0.2) is 35.0 Å². The third-order valence-electron chi connectivity index (χ3n) is 4.29. The molecule has 0 radical (unpaired) electrons. The van der Waals surface area contributed by atoms with Crippen LogP contribution in [0.5, 0.6) is 0 Å². The standard InChI is InChI=1S/C15H21NO2S/c1-16-15-13-5-3-2-4-11(13)10-14(15)19(17)12-6-8-18-9-7-12/h2-5,12,14-16H,6-10H2,1H3. The van der Waals surface area contributed by atoms with Crippen LogP contribution in [0.25, 0.3) is 0 Å². The van der Waals surface area contributed by atoms with Gasteiger partial charge in [-0.1, -0.05) is 24.3 Å². The minimum Gasteiger partial charge on any atom is -0.381 e. The van der Waals surface area contributed by atoms with E-state index in [0.29, 0.717) is 5.25 Å². The highest BCUT2D eigenvalue weighted by Gasteiger charge is 2.38. The predicted molar refractivity (Wildman–Crippen MR) is 77.7 cm³/mol. The summed E-state index contributed by atoms with van der Waals surface area (Å²) in [6, 6.07) is 8.71. The van der Waals surface area contributed by atoms with Gasteiger partial charge >= 0.3 is 0 Å². The molecule has 3 nitrogen and oxygen atoms in total. The molecule has 104 valence electrons. The number of benzene rings is 1. The van der Waals surface area contributed by atoms with Gasteiger partial charge in [0.25, 0.3) is 0 Å². The van der Waals surface area contributed by atoms with Crippen molar-refractivity contribution in [3.63, 3.8) is 0 Å². The summed E-state index contributed by atoms with van der Waals surface area (Å²) in [6.45, 7) is 1.53. The van der Waals surface area contributed by atoms with Crippen molar-refractivity contribution < 1.29 is 8.95 Å². The summed E-state index contributed by atoms with van der Waals surface area (Å²) >= 11 is 0. The summed E-state index contributed by atoms with van der Waals surface area (Å²) in [6.07, 6.45) is 2.82. The molecule has 2 aliphatic rings. The zero-order chi connectivity index (χ0) is 13.2. The lowest BCUT2D eigenvalue weighted by molar-refractivity contribution is 0.0990. The first-order valence-corrected chi connectivity index (χ1v) is 8.31. The quantitative estimate of drug-likeness (QED) is 0.917. The number of rotatable bonds is 3. The van der Waals surface area contributed by atoms with Crippen LogP contribution in [0.3, 0.4) is 0 Å². The van der Waals surface area contributed by atoms with E-state index in [4.69, 9.17) is 4.74 Å². The second-order valence-electron chi connectivity index (χ2n) is 5.35. The minimum atomic E-state index is -0.781. The highest BCUT2D eigenvalue weighted by Crippen LogP contribution is 2.36. The molecule has 0 saturated carbocycles. The first-order chi connectivity index (χ1) is 9.31. The summed E-state index contributed by atoms with van der Waals surface area (Å²) in [5.74, 6) is 0. The summed E-state index contributed by atoms with van der Waals surface area (Å²) in [4.78, 5) is 0.